The summed E-state index contributed by atoms with van der Waals surface area (Å²) in [5.41, 5.74) is 2.00. The third kappa shape index (κ3) is 3.66. The number of hydrogen-bond donors (Lipinski definition) is 1. The molecule has 0 fully saturated rings. The number of ether oxygens (including phenoxy) is 2. The standard InChI is InChI=1S/C21H22F2N4O3/c1-6-12(2)24-10-14-7-15-13(9-25-14)11-27(21(28)26(15)3)20-18(22)16(29-4)8-17(30-5)19(20)23/h6-9,24H,1-2,10-11H2,3-5H3. The minimum atomic E-state index is -0.988. The molecule has 158 valence electrons. The van der Waals surface area contributed by atoms with E-state index in [9.17, 15) is 13.6 Å². The largest absolute Gasteiger partial charge is 0.493 e. The number of carbonyl (C=O) groups excluding carboxylic acids is 1. The van der Waals surface area contributed by atoms with Crippen molar-refractivity contribution in [3.63, 3.8) is 0 Å². The van der Waals surface area contributed by atoms with Crippen LogP contribution in [0, 0.1) is 11.6 Å². The van der Waals surface area contributed by atoms with E-state index in [1.54, 1.807) is 18.3 Å². The van der Waals surface area contributed by atoms with E-state index in [-0.39, 0.29) is 18.0 Å². The molecule has 0 saturated carbocycles. The zero-order valence-electron chi connectivity index (χ0n) is 17.0. The number of methoxy groups -OCH3 is 2. The van der Waals surface area contributed by atoms with E-state index in [4.69, 9.17) is 9.47 Å². The summed E-state index contributed by atoms with van der Waals surface area (Å²) in [6.07, 6.45) is 3.16. The van der Waals surface area contributed by atoms with Crippen molar-refractivity contribution in [2.24, 2.45) is 0 Å². The van der Waals surface area contributed by atoms with Crippen LogP contribution in [0.2, 0.25) is 0 Å². The fourth-order valence-electron chi connectivity index (χ4n) is 3.13. The van der Waals surface area contributed by atoms with Gasteiger partial charge < -0.3 is 14.8 Å². The van der Waals surface area contributed by atoms with Crippen molar-refractivity contribution in [1.82, 2.24) is 10.3 Å². The Hall–Kier alpha value is -3.62. The maximum Gasteiger partial charge on any atom is 0.329 e. The number of halogens is 2. The van der Waals surface area contributed by atoms with Gasteiger partial charge in [0.15, 0.2) is 23.1 Å². The number of aromatic nitrogens is 1. The van der Waals surface area contributed by atoms with E-state index < -0.39 is 23.4 Å². The van der Waals surface area contributed by atoms with Crippen molar-refractivity contribution in [1.29, 1.82) is 0 Å². The highest BCUT2D eigenvalue weighted by Crippen LogP contribution is 2.40. The van der Waals surface area contributed by atoms with Crippen LogP contribution in [-0.2, 0) is 13.1 Å². The van der Waals surface area contributed by atoms with E-state index in [2.05, 4.69) is 23.5 Å². The van der Waals surface area contributed by atoms with Crippen molar-refractivity contribution in [2.45, 2.75) is 13.1 Å². The molecule has 0 bridgehead atoms. The van der Waals surface area contributed by atoms with Crippen LogP contribution < -0.4 is 24.6 Å². The van der Waals surface area contributed by atoms with Gasteiger partial charge in [-0.2, -0.15) is 0 Å². The maximum atomic E-state index is 14.9. The lowest BCUT2D eigenvalue weighted by molar-refractivity contribution is 0.250. The van der Waals surface area contributed by atoms with Crippen LogP contribution in [0.1, 0.15) is 11.3 Å². The van der Waals surface area contributed by atoms with Gasteiger partial charge in [-0.15, -0.1) is 0 Å². The average Bonchev–Trinajstić information content (AvgIpc) is 2.75. The number of anilines is 2. The second-order valence-electron chi connectivity index (χ2n) is 6.57. The van der Waals surface area contributed by atoms with Crippen LogP contribution in [0.3, 0.4) is 0 Å². The summed E-state index contributed by atoms with van der Waals surface area (Å²) < 4.78 is 39.8. The fraction of sp³-hybridized carbons (Fsp3) is 0.238. The Morgan fingerprint density at radius 2 is 1.90 bits per heavy atom. The van der Waals surface area contributed by atoms with Crippen LogP contribution in [0.25, 0.3) is 0 Å². The van der Waals surface area contributed by atoms with Crippen LogP contribution in [0.15, 0.2) is 43.3 Å². The molecular formula is C21H22F2N4O3. The number of nitrogens with zero attached hydrogens (tertiary/aromatic N) is 3. The van der Waals surface area contributed by atoms with E-state index in [1.165, 1.54) is 26.2 Å². The first-order valence-electron chi connectivity index (χ1n) is 9.00. The Morgan fingerprint density at radius 3 is 2.47 bits per heavy atom. The van der Waals surface area contributed by atoms with Gasteiger partial charge >= 0.3 is 6.03 Å². The van der Waals surface area contributed by atoms with Crippen LogP contribution in [0.4, 0.5) is 25.0 Å². The number of allylic oxidation sites excluding steroid dienone is 1. The van der Waals surface area contributed by atoms with Gasteiger partial charge in [0, 0.05) is 30.6 Å². The number of benzene rings is 1. The van der Waals surface area contributed by atoms with Gasteiger partial charge in [-0.05, 0) is 12.1 Å². The molecule has 1 aliphatic rings. The average molecular weight is 416 g/mol. The Labute approximate surface area is 173 Å². The first-order valence-corrected chi connectivity index (χ1v) is 9.00. The van der Waals surface area contributed by atoms with Crippen molar-refractivity contribution in [3.05, 3.63) is 66.2 Å². The van der Waals surface area contributed by atoms with E-state index in [0.29, 0.717) is 29.2 Å². The van der Waals surface area contributed by atoms with Gasteiger partial charge in [0.2, 0.25) is 0 Å². The molecule has 0 saturated heterocycles. The topological polar surface area (TPSA) is 66.9 Å². The normalized spacial score (nSPS) is 13.0. The van der Waals surface area contributed by atoms with Crippen molar-refractivity contribution >= 4 is 17.4 Å². The number of nitrogens with one attached hydrogen (secondary N) is 1. The molecular weight excluding hydrogens is 394 g/mol. The highest BCUT2D eigenvalue weighted by Gasteiger charge is 2.35. The number of carbonyl (C=O) groups is 1. The van der Waals surface area contributed by atoms with Crippen LogP contribution >= 0.6 is 0 Å². The third-order valence-corrected chi connectivity index (χ3v) is 4.79. The second kappa shape index (κ2) is 8.40. The molecule has 1 aromatic heterocycles. The molecule has 7 nitrogen and oxygen atoms in total. The molecule has 2 aromatic rings. The van der Waals surface area contributed by atoms with Crippen LogP contribution in [0.5, 0.6) is 11.5 Å². The smallest absolute Gasteiger partial charge is 0.329 e. The number of hydrogen-bond acceptors (Lipinski definition) is 5. The summed E-state index contributed by atoms with van der Waals surface area (Å²) in [6, 6.07) is 2.24. The SMILES string of the molecule is C=CC(=C)NCc1cc2c(cn1)CN(c1c(F)c(OC)cc(OC)c1F)C(=O)N2C. The summed E-state index contributed by atoms with van der Waals surface area (Å²) >= 11 is 0. The number of fused-ring (bicyclic) bond motifs is 1. The lowest BCUT2D eigenvalue weighted by Crippen LogP contribution is -2.46. The number of urea groups is 1. The minimum absolute atomic E-state index is 0.0667. The van der Waals surface area contributed by atoms with Gasteiger partial charge in [-0.3, -0.25) is 14.8 Å². The highest BCUT2D eigenvalue weighted by atomic mass is 19.1. The predicted molar refractivity (Wildman–Crippen MR) is 110 cm³/mol. The number of rotatable bonds is 7. The molecule has 0 atom stereocenters. The van der Waals surface area contributed by atoms with E-state index >= 15 is 0 Å². The van der Waals surface area contributed by atoms with Crippen molar-refractivity contribution in [2.75, 3.05) is 31.1 Å². The lowest BCUT2D eigenvalue weighted by Gasteiger charge is -2.35. The van der Waals surface area contributed by atoms with E-state index in [0.717, 1.165) is 11.0 Å². The predicted octanol–water partition coefficient (Wildman–Crippen LogP) is 3.74. The van der Waals surface area contributed by atoms with E-state index in [1.807, 2.05) is 0 Å². The monoisotopic (exact) mass is 416 g/mol. The molecule has 0 aliphatic carbocycles. The Balaban J connectivity index is 2.00. The van der Waals surface area contributed by atoms with Crippen LogP contribution in [-0.4, -0.2) is 32.3 Å². The highest BCUT2D eigenvalue weighted by molar-refractivity contribution is 6.06. The third-order valence-electron chi connectivity index (χ3n) is 4.79. The number of pyridine rings is 1. The molecule has 2 heterocycles. The molecule has 2 amide bonds. The zero-order chi connectivity index (χ0) is 22.0. The van der Waals surface area contributed by atoms with Gasteiger partial charge in [-0.1, -0.05) is 13.2 Å². The van der Waals surface area contributed by atoms with Gasteiger partial charge in [0.1, 0.15) is 5.69 Å². The fourth-order valence-corrected chi connectivity index (χ4v) is 3.13. The summed E-state index contributed by atoms with van der Waals surface area (Å²) in [7, 11) is 4.03. The van der Waals surface area contributed by atoms with Crippen molar-refractivity contribution < 1.29 is 23.0 Å². The molecule has 30 heavy (non-hydrogen) atoms. The Kier molecular flexibility index (Phi) is 5.91. The number of amides is 2. The molecule has 1 aliphatic heterocycles. The molecule has 1 aromatic carbocycles. The summed E-state index contributed by atoms with van der Waals surface area (Å²) in [5.74, 6) is -2.44. The lowest BCUT2D eigenvalue weighted by atomic mass is 10.1. The first kappa shape index (κ1) is 21.1. The quantitative estimate of drug-likeness (QED) is 0.697. The molecule has 0 spiro atoms. The molecule has 0 unspecified atom stereocenters. The minimum Gasteiger partial charge on any atom is -0.493 e. The Bertz CT molecular complexity index is 998. The molecule has 9 heteroatoms. The maximum absolute atomic E-state index is 14.9. The molecule has 0 radical (unpaired) electrons. The van der Waals surface area contributed by atoms with Gasteiger partial charge in [-0.25, -0.2) is 13.6 Å². The summed E-state index contributed by atoms with van der Waals surface area (Å²) in [5, 5.41) is 3.04. The van der Waals surface area contributed by atoms with Gasteiger partial charge in [0.05, 0.1) is 38.7 Å². The zero-order valence-corrected chi connectivity index (χ0v) is 17.0. The first-order chi connectivity index (χ1) is 14.3. The Morgan fingerprint density at radius 1 is 1.27 bits per heavy atom. The van der Waals surface area contributed by atoms with Gasteiger partial charge in [0.25, 0.3) is 0 Å². The summed E-state index contributed by atoms with van der Waals surface area (Å²) in [6.45, 7) is 7.71. The summed E-state index contributed by atoms with van der Waals surface area (Å²) in [4.78, 5) is 19.7. The molecule has 1 N–H and O–H groups in total. The molecule has 3 rings (SSSR count). The second-order valence-corrected chi connectivity index (χ2v) is 6.57. The van der Waals surface area contributed by atoms with Crippen molar-refractivity contribution in [3.8, 4) is 11.5 Å².